The maximum absolute atomic E-state index is 11.3. The molecule has 0 spiro atoms. The third-order valence-corrected chi connectivity index (χ3v) is 3.11. The van der Waals surface area contributed by atoms with Crippen molar-refractivity contribution in [1.82, 2.24) is 4.98 Å². The summed E-state index contributed by atoms with van der Waals surface area (Å²) in [7, 11) is 0. The monoisotopic (exact) mass is 287 g/mol. The first kappa shape index (κ1) is 13.5. The smallest absolute Gasteiger partial charge is 0.331 e. The SMILES string of the molecule is O=C(O)C1(Nc2ncc([N+](=O)[O-])cc2Cl)CCOC1. The maximum Gasteiger partial charge on any atom is 0.331 e. The first-order valence-electron chi connectivity index (χ1n) is 5.34. The molecule has 102 valence electrons. The van der Waals surface area contributed by atoms with Gasteiger partial charge in [0, 0.05) is 19.1 Å². The third-order valence-electron chi connectivity index (χ3n) is 2.83. The number of nitro groups is 1. The number of carbonyl (C=O) groups is 1. The zero-order valence-electron chi connectivity index (χ0n) is 9.63. The van der Waals surface area contributed by atoms with Crippen molar-refractivity contribution in [3.05, 3.63) is 27.4 Å². The van der Waals surface area contributed by atoms with E-state index in [-0.39, 0.29) is 29.6 Å². The molecule has 2 N–H and O–H groups in total. The van der Waals surface area contributed by atoms with Gasteiger partial charge in [-0.25, -0.2) is 9.78 Å². The molecule has 1 aromatic rings. The van der Waals surface area contributed by atoms with Gasteiger partial charge in [0.25, 0.3) is 5.69 Å². The number of halogens is 1. The van der Waals surface area contributed by atoms with Crippen LogP contribution in [-0.2, 0) is 9.53 Å². The molecule has 2 rings (SSSR count). The van der Waals surface area contributed by atoms with Crippen LogP contribution in [0, 0.1) is 10.1 Å². The largest absolute Gasteiger partial charge is 0.479 e. The summed E-state index contributed by atoms with van der Waals surface area (Å²) in [6, 6.07) is 1.11. The van der Waals surface area contributed by atoms with Crippen molar-refractivity contribution in [2.24, 2.45) is 0 Å². The third kappa shape index (κ3) is 2.59. The Labute approximate surface area is 112 Å². The molecular weight excluding hydrogens is 278 g/mol. The highest BCUT2D eigenvalue weighted by molar-refractivity contribution is 6.33. The van der Waals surface area contributed by atoms with Gasteiger partial charge in [-0.1, -0.05) is 11.6 Å². The molecule has 8 nitrogen and oxygen atoms in total. The number of aromatic nitrogens is 1. The van der Waals surface area contributed by atoms with Crippen molar-refractivity contribution in [2.75, 3.05) is 18.5 Å². The molecule has 1 aromatic heterocycles. The molecule has 0 aliphatic carbocycles. The lowest BCUT2D eigenvalue weighted by molar-refractivity contribution is -0.385. The number of nitrogens with one attached hydrogen (secondary N) is 1. The van der Waals surface area contributed by atoms with Gasteiger partial charge in [-0.05, 0) is 0 Å². The lowest BCUT2D eigenvalue weighted by Crippen LogP contribution is -2.47. The van der Waals surface area contributed by atoms with Gasteiger partial charge in [0.2, 0.25) is 0 Å². The van der Waals surface area contributed by atoms with Gasteiger partial charge in [0.15, 0.2) is 5.54 Å². The first-order valence-corrected chi connectivity index (χ1v) is 5.72. The quantitative estimate of drug-likeness (QED) is 0.633. The van der Waals surface area contributed by atoms with Crippen LogP contribution in [0.4, 0.5) is 11.5 Å². The highest BCUT2D eigenvalue weighted by Crippen LogP contribution is 2.29. The minimum Gasteiger partial charge on any atom is -0.479 e. The molecule has 0 aromatic carbocycles. The summed E-state index contributed by atoms with van der Waals surface area (Å²) in [4.78, 5) is 25.0. The topological polar surface area (TPSA) is 115 Å². The Hall–Kier alpha value is -1.93. The second-order valence-electron chi connectivity index (χ2n) is 4.10. The minimum absolute atomic E-state index is 0.0123. The Balaban J connectivity index is 2.28. The van der Waals surface area contributed by atoms with Crippen molar-refractivity contribution in [3.8, 4) is 0 Å². The maximum atomic E-state index is 11.3. The summed E-state index contributed by atoms with van der Waals surface area (Å²) in [5.74, 6) is -0.999. The standard InChI is InChI=1S/C10H10ClN3O5/c11-7-3-6(14(17)18)4-12-8(7)13-10(9(15)16)1-2-19-5-10/h3-4H,1-2,5H2,(H,12,13)(H,15,16). The number of ether oxygens (including phenoxy) is 1. The van der Waals surface area contributed by atoms with Gasteiger partial charge in [-0.2, -0.15) is 0 Å². The summed E-state index contributed by atoms with van der Waals surface area (Å²) in [5.41, 5.74) is -1.56. The van der Waals surface area contributed by atoms with E-state index in [4.69, 9.17) is 16.3 Å². The Morgan fingerprint density at radius 3 is 2.89 bits per heavy atom. The van der Waals surface area contributed by atoms with E-state index in [1.807, 2.05) is 0 Å². The van der Waals surface area contributed by atoms with Crippen LogP contribution < -0.4 is 5.32 Å². The van der Waals surface area contributed by atoms with Crippen molar-refractivity contribution >= 4 is 29.1 Å². The van der Waals surface area contributed by atoms with Crippen molar-refractivity contribution < 1.29 is 19.6 Å². The normalized spacial score (nSPS) is 22.2. The molecule has 0 saturated carbocycles. The highest BCUT2D eigenvalue weighted by atomic mass is 35.5. The van der Waals surface area contributed by atoms with Crippen LogP contribution in [0.3, 0.4) is 0 Å². The van der Waals surface area contributed by atoms with E-state index in [1.54, 1.807) is 0 Å². The van der Waals surface area contributed by atoms with Crippen LogP contribution in [-0.4, -0.2) is 39.7 Å². The number of aliphatic carboxylic acids is 1. The second kappa shape index (κ2) is 4.98. The molecule has 1 fully saturated rings. The Morgan fingerprint density at radius 2 is 2.42 bits per heavy atom. The Kier molecular flexibility index (Phi) is 3.54. The molecule has 19 heavy (non-hydrogen) atoms. The second-order valence-corrected chi connectivity index (χ2v) is 4.50. The Morgan fingerprint density at radius 1 is 1.68 bits per heavy atom. The lowest BCUT2D eigenvalue weighted by atomic mass is 9.99. The molecule has 1 atom stereocenters. The molecule has 0 amide bonds. The van der Waals surface area contributed by atoms with Crippen LogP contribution in [0.1, 0.15) is 6.42 Å². The first-order chi connectivity index (χ1) is 8.94. The fourth-order valence-corrected chi connectivity index (χ4v) is 1.94. The molecule has 1 saturated heterocycles. The van der Waals surface area contributed by atoms with E-state index in [2.05, 4.69) is 10.3 Å². The van der Waals surface area contributed by atoms with E-state index in [1.165, 1.54) is 0 Å². The number of carboxylic acids is 1. The summed E-state index contributed by atoms with van der Waals surface area (Å²) in [6.45, 7) is 0.293. The van der Waals surface area contributed by atoms with Gasteiger partial charge < -0.3 is 15.2 Å². The number of hydrogen-bond donors (Lipinski definition) is 2. The minimum atomic E-state index is -1.30. The molecule has 0 radical (unpaired) electrons. The summed E-state index contributed by atoms with van der Waals surface area (Å²) >= 11 is 5.86. The molecule has 9 heteroatoms. The summed E-state index contributed by atoms with van der Waals surface area (Å²) in [5, 5.41) is 22.5. The number of nitrogens with zero attached hydrogens (tertiary/aromatic N) is 2. The average molecular weight is 288 g/mol. The molecular formula is C10H10ClN3O5. The average Bonchev–Trinajstić information content (AvgIpc) is 2.81. The van der Waals surface area contributed by atoms with E-state index >= 15 is 0 Å². The summed E-state index contributed by atoms with van der Waals surface area (Å²) in [6.07, 6.45) is 1.27. The van der Waals surface area contributed by atoms with E-state index in [0.717, 1.165) is 12.3 Å². The van der Waals surface area contributed by atoms with Gasteiger partial charge in [0.1, 0.15) is 12.0 Å². The van der Waals surface area contributed by atoms with E-state index < -0.39 is 16.4 Å². The predicted octanol–water partition coefficient (Wildman–Crippen LogP) is 1.30. The number of rotatable bonds is 4. The zero-order valence-corrected chi connectivity index (χ0v) is 10.4. The Bertz CT molecular complexity index is 530. The van der Waals surface area contributed by atoms with Crippen molar-refractivity contribution in [1.29, 1.82) is 0 Å². The predicted molar refractivity (Wildman–Crippen MR) is 65.3 cm³/mol. The zero-order chi connectivity index (χ0) is 14.0. The number of anilines is 1. The number of hydrogen-bond acceptors (Lipinski definition) is 6. The van der Waals surface area contributed by atoms with Crippen LogP contribution in [0.25, 0.3) is 0 Å². The summed E-state index contributed by atoms with van der Waals surface area (Å²) < 4.78 is 5.07. The van der Waals surface area contributed by atoms with Crippen molar-refractivity contribution in [3.63, 3.8) is 0 Å². The van der Waals surface area contributed by atoms with Crippen LogP contribution >= 0.6 is 11.6 Å². The van der Waals surface area contributed by atoms with E-state index in [9.17, 15) is 20.0 Å². The highest BCUT2D eigenvalue weighted by Gasteiger charge is 2.43. The molecule has 1 aliphatic heterocycles. The van der Waals surface area contributed by atoms with E-state index in [0.29, 0.717) is 6.61 Å². The van der Waals surface area contributed by atoms with Crippen LogP contribution in [0.5, 0.6) is 0 Å². The fourth-order valence-electron chi connectivity index (χ4n) is 1.73. The van der Waals surface area contributed by atoms with Gasteiger partial charge in [-0.3, -0.25) is 10.1 Å². The molecule has 1 aliphatic rings. The van der Waals surface area contributed by atoms with Crippen LogP contribution in [0.15, 0.2) is 12.3 Å². The van der Waals surface area contributed by atoms with Crippen LogP contribution in [0.2, 0.25) is 5.02 Å². The van der Waals surface area contributed by atoms with Gasteiger partial charge in [-0.15, -0.1) is 0 Å². The number of carboxylic acid groups (broad SMARTS) is 1. The molecule has 0 bridgehead atoms. The van der Waals surface area contributed by atoms with Gasteiger partial charge >= 0.3 is 5.97 Å². The molecule has 2 heterocycles. The lowest BCUT2D eigenvalue weighted by Gasteiger charge is -2.24. The number of pyridine rings is 1. The fraction of sp³-hybridized carbons (Fsp3) is 0.400. The van der Waals surface area contributed by atoms with Gasteiger partial charge in [0.05, 0.1) is 16.6 Å². The molecule has 1 unspecified atom stereocenters. The van der Waals surface area contributed by atoms with Crippen molar-refractivity contribution in [2.45, 2.75) is 12.0 Å².